The van der Waals surface area contributed by atoms with E-state index >= 15 is 0 Å². The highest BCUT2D eigenvalue weighted by atomic mass is 16.2. The maximum atomic E-state index is 12.8. The van der Waals surface area contributed by atoms with Crippen molar-refractivity contribution in [3.05, 3.63) is 17.5 Å². The number of aromatic nitrogens is 2. The number of carbonyl (C=O) groups is 1. The molecule has 1 atom stereocenters. The Morgan fingerprint density at radius 1 is 1.48 bits per heavy atom. The molecule has 5 heteroatoms. The number of amides is 1. The fourth-order valence-corrected chi connectivity index (χ4v) is 3.17. The van der Waals surface area contributed by atoms with Gasteiger partial charge in [-0.3, -0.25) is 9.48 Å². The lowest BCUT2D eigenvalue weighted by molar-refractivity contribution is 0.0673. The van der Waals surface area contributed by atoms with Gasteiger partial charge in [-0.25, -0.2) is 0 Å². The molecule has 1 saturated heterocycles. The van der Waals surface area contributed by atoms with E-state index in [1.165, 1.54) is 6.42 Å². The van der Waals surface area contributed by atoms with Crippen molar-refractivity contribution in [2.45, 2.75) is 46.1 Å². The molecule has 1 aromatic heterocycles. The van der Waals surface area contributed by atoms with E-state index in [1.807, 2.05) is 23.6 Å². The van der Waals surface area contributed by atoms with E-state index < -0.39 is 0 Å². The number of likely N-dealkylation sites (tertiary alicyclic amines) is 1. The molecule has 0 saturated carbocycles. The van der Waals surface area contributed by atoms with E-state index in [9.17, 15) is 4.79 Å². The largest absolute Gasteiger partial charge is 0.338 e. The number of carbonyl (C=O) groups excluding carboxylic acids is 1. The molecule has 118 valence electrons. The number of nitrogens with zero attached hydrogens (tertiary/aromatic N) is 3. The summed E-state index contributed by atoms with van der Waals surface area (Å²) in [6.07, 6.45) is 4.01. The van der Waals surface area contributed by atoms with Crippen LogP contribution < -0.4 is 5.32 Å². The third-order valence-corrected chi connectivity index (χ3v) is 4.17. The second-order valence-corrected chi connectivity index (χ2v) is 7.04. The van der Waals surface area contributed by atoms with E-state index in [0.717, 1.165) is 37.3 Å². The second-order valence-electron chi connectivity index (χ2n) is 7.04. The molecule has 1 N–H and O–H groups in total. The first-order valence-electron chi connectivity index (χ1n) is 7.83. The Bertz CT molecular complexity index is 499. The van der Waals surface area contributed by atoms with E-state index in [2.05, 4.69) is 31.2 Å². The van der Waals surface area contributed by atoms with Gasteiger partial charge in [0.1, 0.15) is 0 Å². The minimum absolute atomic E-state index is 0.0980. The van der Waals surface area contributed by atoms with Crippen molar-refractivity contribution in [3.63, 3.8) is 0 Å². The second kappa shape index (κ2) is 6.18. The molecule has 0 unspecified atom stereocenters. The summed E-state index contributed by atoms with van der Waals surface area (Å²) >= 11 is 0. The standard InChI is InChI=1S/C16H28N4O/c1-12-14(10-18-20(12)16(2,3)4)15(21)19-8-6-7-13(11-19)9-17-5/h10,13,17H,6-9,11H2,1-5H3/t13-/m0/s1. The highest BCUT2D eigenvalue weighted by molar-refractivity contribution is 5.95. The van der Waals surface area contributed by atoms with Crippen LogP contribution in [0.15, 0.2) is 6.20 Å². The van der Waals surface area contributed by atoms with Crippen LogP contribution in [-0.4, -0.2) is 47.3 Å². The van der Waals surface area contributed by atoms with Gasteiger partial charge in [-0.2, -0.15) is 5.10 Å². The van der Waals surface area contributed by atoms with Crippen molar-refractivity contribution in [1.82, 2.24) is 20.0 Å². The number of rotatable bonds is 3. The average molecular weight is 292 g/mol. The smallest absolute Gasteiger partial charge is 0.257 e. The van der Waals surface area contributed by atoms with Crippen LogP contribution in [0, 0.1) is 12.8 Å². The zero-order valence-electron chi connectivity index (χ0n) is 13.9. The SMILES string of the molecule is CNC[C@@H]1CCCN(C(=O)c2cnn(C(C)(C)C)c2C)C1. The zero-order chi connectivity index (χ0) is 15.6. The summed E-state index contributed by atoms with van der Waals surface area (Å²) in [7, 11) is 1.97. The molecule has 5 nitrogen and oxygen atoms in total. The fourth-order valence-electron chi connectivity index (χ4n) is 3.17. The highest BCUT2D eigenvalue weighted by Crippen LogP contribution is 2.22. The van der Waals surface area contributed by atoms with Crippen LogP contribution in [0.3, 0.4) is 0 Å². The van der Waals surface area contributed by atoms with Gasteiger partial charge >= 0.3 is 0 Å². The van der Waals surface area contributed by atoms with Crippen LogP contribution in [0.2, 0.25) is 0 Å². The van der Waals surface area contributed by atoms with Crippen LogP contribution in [0.4, 0.5) is 0 Å². The first-order valence-corrected chi connectivity index (χ1v) is 7.83. The summed E-state index contributed by atoms with van der Waals surface area (Å²) in [5, 5.41) is 7.63. The Hall–Kier alpha value is -1.36. The molecule has 1 aliphatic heterocycles. The lowest BCUT2D eigenvalue weighted by atomic mass is 9.97. The topological polar surface area (TPSA) is 50.2 Å². The molecule has 21 heavy (non-hydrogen) atoms. The van der Waals surface area contributed by atoms with E-state index in [1.54, 1.807) is 6.20 Å². The molecule has 2 heterocycles. The van der Waals surface area contributed by atoms with Crippen molar-refractivity contribution in [1.29, 1.82) is 0 Å². The molecule has 0 aromatic carbocycles. The molecule has 0 radical (unpaired) electrons. The van der Waals surface area contributed by atoms with E-state index in [0.29, 0.717) is 5.92 Å². The first kappa shape index (κ1) is 16.0. The maximum absolute atomic E-state index is 12.8. The third-order valence-electron chi connectivity index (χ3n) is 4.17. The van der Waals surface area contributed by atoms with Gasteiger partial charge in [0.2, 0.25) is 0 Å². The Morgan fingerprint density at radius 3 is 2.76 bits per heavy atom. The molecule has 1 amide bonds. The lowest BCUT2D eigenvalue weighted by Gasteiger charge is -2.32. The summed E-state index contributed by atoms with van der Waals surface area (Å²) in [4.78, 5) is 14.8. The molecule has 2 rings (SSSR count). The van der Waals surface area contributed by atoms with Gasteiger partial charge in [0.15, 0.2) is 0 Å². The summed E-state index contributed by atoms with van der Waals surface area (Å²) in [6.45, 7) is 11.0. The van der Waals surface area contributed by atoms with Crippen molar-refractivity contribution in [3.8, 4) is 0 Å². The van der Waals surface area contributed by atoms with Gasteiger partial charge in [-0.05, 0) is 60.0 Å². The fraction of sp³-hybridized carbons (Fsp3) is 0.750. The van der Waals surface area contributed by atoms with Gasteiger partial charge in [0.05, 0.1) is 17.3 Å². The maximum Gasteiger partial charge on any atom is 0.257 e. The number of hydrogen-bond acceptors (Lipinski definition) is 3. The molecule has 0 spiro atoms. The number of piperidine rings is 1. The quantitative estimate of drug-likeness (QED) is 0.927. The molecular weight excluding hydrogens is 264 g/mol. The van der Waals surface area contributed by atoms with E-state index in [4.69, 9.17) is 0 Å². The summed E-state index contributed by atoms with van der Waals surface area (Å²) < 4.78 is 1.94. The minimum atomic E-state index is -0.0980. The predicted molar refractivity (Wildman–Crippen MR) is 84.5 cm³/mol. The van der Waals surface area contributed by atoms with Crippen molar-refractivity contribution >= 4 is 5.91 Å². The average Bonchev–Trinajstić information content (AvgIpc) is 2.80. The predicted octanol–water partition coefficient (Wildman–Crippen LogP) is 2.02. The van der Waals surface area contributed by atoms with Crippen LogP contribution in [-0.2, 0) is 5.54 Å². The van der Waals surface area contributed by atoms with Gasteiger partial charge < -0.3 is 10.2 Å². The molecule has 0 bridgehead atoms. The van der Waals surface area contributed by atoms with Crippen molar-refractivity contribution < 1.29 is 4.79 Å². The number of nitrogens with one attached hydrogen (secondary N) is 1. The lowest BCUT2D eigenvalue weighted by Crippen LogP contribution is -2.42. The summed E-state index contributed by atoms with van der Waals surface area (Å²) in [6, 6.07) is 0. The normalized spacial score (nSPS) is 19.9. The minimum Gasteiger partial charge on any atom is -0.338 e. The highest BCUT2D eigenvalue weighted by Gasteiger charge is 2.28. The van der Waals surface area contributed by atoms with Gasteiger partial charge in [0.25, 0.3) is 5.91 Å². The zero-order valence-corrected chi connectivity index (χ0v) is 13.9. The Kier molecular flexibility index (Phi) is 4.71. The first-order chi connectivity index (χ1) is 9.84. The van der Waals surface area contributed by atoms with E-state index in [-0.39, 0.29) is 11.4 Å². The molecular formula is C16H28N4O. The monoisotopic (exact) mass is 292 g/mol. The van der Waals surface area contributed by atoms with Gasteiger partial charge in [0, 0.05) is 18.8 Å². The van der Waals surface area contributed by atoms with Gasteiger partial charge in [-0.1, -0.05) is 0 Å². The Balaban J connectivity index is 2.15. The van der Waals surface area contributed by atoms with Crippen LogP contribution in [0.5, 0.6) is 0 Å². The number of hydrogen-bond donors (Lipinski definition) is 1. The molecule has 1 aromatic rings. The van der Waals surface area contributed by atoms with Crippen LogP contribution in [0.25, 0.3) is 0 Å². The van der Waals surface area contributed by atoms with Crippen LogP contribution >= 0.6 is 0 Å². The summed E-state index contributed by atoms with van der Waals surface area (Å²) in [5.41, 5.74) is 1.61. The van der Waals surface area contributed by atoms with Crippen molar-refractivity contribution in [2.24, 2.45) is 5.92 Å². The molecule has 0 aliphatic carbocycles. The van der Waals surface area contributed by atoms with Gasteiger partial charge in [-0.15, -0.1) is 0 Å². The van der Waals surface area contributed by atoms with Crippen molar-refractivity contribution in [2.75, 3.05) is 26.7 Å². The Morgan fingerprint density at radius 2 is 2.19 bits per heavy atom. The summed E-state index contributed by atoms with van der Waals surface area (Å²) in [5.74, 6) is 0.689. The third kappa shape index (κ3) is 3.46. The molecule has 1 aliphatic rings. The van der Waals surface area contributed by atoms with Crippen LogP contribution in [0.1, 0.15) is 49.7 Å². The molecule has 1 fully saturated rings. The Labute approximate surface area is 127 Å².